The fraction of sp³-hybridized carbons (Fsp3) is 0.444. The minimum atomic E-state index is 0.456. The minimum Gasteiger partial charge on any atom is -0.365 e. The molecule has 6 nitrogen and oxygen atoms in total. The Morgan fingerprint density at radius 1 is 1.40 bits per heavy atom. The maximum atomic E-state index is 4.23. The van der Waals surface area contributed by atoms with Crippen molar-refractivity contribution in [1.29, 1.82) is 0 Å². The third-order valence-electron chi connectivity index (χ3n) is 2.65. The molecule has 3 heterocycles. The number of aromatic amines is 1. The molecule has 1 aliphatic rings. The average molecular weight is 204 g/mol. The number of nitrogens with zero attached hydrogens (tertiary/aromatic N) is 3. The molecule has 1 fully saturated rings. The molecule has 2 aromatic rings. The number of anilines is 1. The summed E-state index contributed by atoms with van der Waals surface area (Å²) in [4.78, 5) is 8.32. The van der Waals surface area contributed by atoms with Gasteiger partial charge in [-0.15, -0.1) is 0 Å². The van der Waals surface area contributed by atoms with Gasteiger partial charge in [-0.3, -0.25) is 5.10 Å². The first-order valence-corrected chi connectivity index (χ1v) is 5.05. The molecule has 0 aromatic carbocycles. The van der Waals surface area contributed by atoms with Crippen LogP contribution in [0.25, 0.3) is 11.0 Å². The number of fused-ring (bicyclic) bond motifs is 1. The van der Waals surface area contributed by atoms with Gasteiger partial charge in [0.15, 0.2) is 5.65 Å². The Morgan fingerprint density at radius 3 is 3.27 bits per heavy atom. The van der Waals surface area contributed by atoms with Crippen LogP contribution in [0.2, 0.25) is 0 Å². The SMILES string of the molecule is c1nc(NC2CCNC2)c2cn[nH]c2n1. The Balaban J connectivity index is 1.92. The van der Waals surface area contributed by atoms with E-state index in [1.165, 1.54) is 0 Å². The van der Waals surface area contributed by atoms with Crippen LogP contribution in [-0.2, 0) is 0 Å². The molecule has 0 amide bonds. The number of nitrogens with one attached hydrogen (secondary N) is 3. The van der Waals surface area contributed by atoms with Crippen molar-refractivity contribution in [1.82, 2.24) is 25.5 Å². The molecule has 1 aliphatic heterocycles. The summed E-state index contributed by atoms with van der Waals surface area (Å²) in [5.41, 5.74) is 0.776. The van der Waals surface area contributed by atoms with Crippen LogP contribution in [0.1, 0.15) is 6.42 Å². The highest BCUT2D eigenvalue weighted by molar-refractivity contribution is 5.85. The smallest absolute Gasteiger partial charge is 0.160 e. The number of hydrogen-bond acceptors (Lipinski definition) is 5. The Hall–Kier alpha value is -1.69. The van der Waals surface area contributed by atoms with E-state index in [9.17, 15) is 0 Å². The maximum Gasteiger partial charge on any atom is 0.160 e. The predicted octanol–water partition coefficient (Wildman–Crippen LogP) is 0.127. The summed E-state index contributed by atoms with van der Waals surface area (Å²) in [6.45, 7) is 2.06. The lowest BCUT2D eigenvalue weighted by molar-refractivity contribution is 0.789. The molecule has 0 aliphatic carbocycles. The number of H-pyrrole nitrogens is 1. The van der Waals surface area contributed by atoms with Crippen LogP contribution in [-0.4, -0.2) is 39.3 Å². The first-order valence-electron chi connectivity index (χ1n) is 5.05. The highest BCUT2D eigenvalue weighted by Crippen LogP contribution is 2.17. The lowest BCUT2D eigenvalue weighted by Crippen LogP contribution is -2.22. The zero-order chi connectivity index (χ0) is 10.1. The number of rotatable bonds is 2. The van der Waals surface area contributed by atoms with Crippen LogP contribution in [0.4, 0.5) is 5.82 Å². The van der Waals surface area contributed by atoms with Crippen LogP contribution in [0, 0.1) is 0 Å². The van der Waals surface area contributed by atoms with Gasteiger partial charge >= 0.3 is 0 Å². The molecule has 1 unspecified atom stereocenters. The van der Waals surface area contributed by atoms with Crippen molar-refractivity contribution in [2.75, 3.05) is 18.4 Å². The highest BCUT2D eigenvalue weighted by Gasteiger charge is 2.15. The third-order valence-corrected chi connectivity index (χ3v) is 2.65. The van der Waals surface area contributed by atoms with Gasteiger partial charge in [0.1, 0.15) is 12.1 Å². The topological polar surface area (TPSA) is 78.5 Å². The van der Waals surface area contributed by atoms with Crippen molar-refractivity contribution >= 4 is 16.9 Å². The molecular formula is C9H12N6. The lowest BCUT2D eigenvalue weighted by atomic mass is 10.2. The highest BCUT2D eigenvalue weighted by atomic mass is 15.2. The lowest BCUT2D eigenvalue weighted by Gasteiger charge is -2.11. The summed E-state index contributed by atoms with van der Waals surface area (Å²) in [5.74, 6) is 0.863. The quantitative estimate of drug-likeness (QED) is 0.648. The standard InChI is InChI=1S/C9H12N6/c1-2-10-3-6(1)14-8-7-4-13-15-9(7)12-5-11-8/h4-6,10H,1-3H2,(H2,11,12,13,14,15). The zero-order valence-electron chi connectivity index (χ0n) is 8.20. The molecule has 0 radical (unpaired) electrons. The molecule has 2 aromatic heterocycles. The van der Waals surface area contributed by atoms with Crippen LogP contribution in [0.5, 0.6) is 0 Å². The van der Waals surface area contributed by atoms with Crippen LogP contribution in [0.3, 0.4) is 0 Å². The summed E-state index contributed by atoms with van der Waals surface area (Å²) in [5, 5.41) is 14.4. The second kappa shape index (κ2) is 3.47. The molecule has 3 rings (SSSR count). The van der Waals surface area contributed by atoms with Crippen molar-refractivity contribution in [3.63, 3.8) is 0 Å². The third kappa shape index (κ3) is 1.52. The number of hydrogen-bond donors (Lipinski definition) is 3. The molecule has 15 heavy (non-hydrogen) atoms. The molecule has 1 atom stereocenters. The predicted molar refractivity (Wildman–Crippen MR) is 56.6 cm³/mol. The van der Waals surface area contributed by atoms with Crippen molar-refractivity contribution in [3.8, 4) is 0 Å². The Kier molecular flexibility index (Phi) is 1.99. The van der Waals surface area contributed by atoms with Crippen molar-refractivity contribution in [2.45, 2.75) is 12.5 Å². The summed E-state index contributed by atoms with van der Waals surface area (Å²) in [6.07, 6.45) is 4.43. The van der Waals surface area contributed by atoms with Crippen molar-refractivity contribution < 1.29 is 0 Å². The van der Waals surface area contributed by atoms with Gasteiger partial charge in [-0.05, 0) is 13.0 Å². The van der Waals surface area contributed by atoms with Gasteiger partial charge in [-0.25, -0.2) is 9.97 Å². The molecule has 3 N–H and O–H groups in total. The molecule has 0 saturated carbocycles. The fourth-order valence-electron chi connectivity index (χ4n) is 1.85. The van der Waals surface area contributed by atoms with Gasteiger partial charge in [0.25, 0.3) is 0 Å². The first-order chi connectivity index (χ1) is 7.43. The van der Waals surface area contributed by atoms with E-state index in [0.717, 1.165) is 36.4 Å². The van der Waals surface area contributed by atoms with Crippen LogP contribution < -0.4 is 10.6 Å². The minimum absolute atomic E-state index is 0.456. The van der Waals surface area contributed by atoms with Gasteiger partial charge in [-0.1, -0.05) is 0 Å². The van der Waals surface area contributed by atoms with E-state index in [-0.39, 0.29) is 0 Å². The molecule has 1 saturated heterocycles. The summed E-state index contributed by atoms with van der Waals surface area (Å²) < 4.78 is 0. The molecule has 6 heteroatoms. The summed E-state index contributed by atoms with van der Waals surface area (Å²) in [6, 6.07) is 0.456. The van der Waals surface area contributed by atoms with Crippen molar-refractivity contribution in [2.24, 2.45) is 0 Å². The van der Waals surface area contributed by atoms with Gasteiger partial charge in [0.05, 0.1) is 11.6 Å². The summed E-state index contributed by atoms with van der Waals surface area (Å²) in [7, 11) is 0. The van der Waals surface area contributed by atoms with Gasteiger partial charge < -0.3 is 10.6 Å². The Bertz CT molecular complexity index is 458. The van der Waals surface area contributed by atoms with E-state index in [1.807, 2.05) is 0 Å². The van der Waals surface area contributed by atoms with E-state index in [2.05, 4.69) is 30.8 Å². The van der Waals surface area contributed by atoms with Gasteiger partial charge in [-0.2, -0.15) is 5.10 Å². The first kappa shape index (κ1) is 8.60. The Labute approximate surface area is 86.5 Å². The molecule has 0 spiro atoms. The second-order valence-electron chi connectivity index (χ2n) is 3.69. The van der Waals surface area contributed by atoms with Gasteiger partial charge in [0, 0.05) is 12.6 Å². The van der Waals surface area contributed by atoms with E-state index in [1.54, 1.807) is 12.5 Å². The Morgan fingerprint density at radius 2 is 2.40 bits per heavy atom. The molecule has 0 bridgehead atoms. The largest absolute Gasteiger partial charge is 0.365 e. The van der Waals surface area contributed by atoms with Crippen LogP contribution >= 0.6 is 0 Å². The van der Waals surface area contributed by atoms with Gasteiger partial charge in [0.2, 0.25) is 0 Å². The second-order valence-corrected chi connectivity index (χ2v) is 3.69. The molecule has 78 valence electrons. The van der Waals surface area contributed by atoms with Crippen LogP contribution in [0.15, 0.2) is 12.5 Å². The van der Waals surface area contributed by atoms with Crippen molar-refractivity contribution in [3.05, 3.63) is 12.5 Å². The normalized spacial score (nSPS) is 20.9. The summed E-state index contributed by atoms with van der Waals surface area (Å²) >= 11 is 0. The fourth-order valence-corrected chi connectivity index (χ4v) is 1.85. The average Bonchev–Trinajstić information content (AvgIpc) is 2.87. The number of aromatic nitrogens is 4. The van der Waals surface area contributed by atoms with E-state index >= 15 is 0 Å². The van der Waals surface area contributed by atoms with E-state index in [4.69, 9.17) is 0 Å². The zero-order valence-corrected chi connectivity index (χ0v) is 8.20. The maximum absolute atomic E-state index is 4.23. The van der Waals surface area contributed by atoms with E-state index in [0.29, 0.717) is 6.04 Å². The molecular weight excluding hydrogens is 192 g/mol. The van der Waals surface area contributed by atoms with E-state index < -0.39 is 0 Å². The monoisotopic (exact) mass is 204 g/mol.